The molecule has 25 heavy (non-hydrogen) atoms. The highest BCUT2D eigenvalue weighted by Crippen LogP contribution is 2.32. The Kier molecular flexibility index (Phi) is 5.22. The first-order chi connectivity index (χ1) is 12.1. The molecule has 0 spiro atoms. The normalized spacial score (nSPS) is 12.3. The van der Waals surface area contributed by atoms with E-state index >= 15 is 0 Å². The number of ether oxygens (including phenoxy) is 1. The molecule has 1 heterocycles. The second-order valence-electron chi connectivity index (χ2n) is 6.48. The van der Waals surface area contributed by atoms with E-state index in [0.717, 1.165) is 12.8 Å². The van der Waals surface area contributed by atoms with E-state index in [1.54, 1.807) is 0 Å². The maximum absolute atomic E-state index is 11.3. The smallest absolute Gasteiger partial charge is 0.302 e. The third kappa shape index (κ3) is 3.60. The fourth-order valence-corrected chi connectivity index (χ4v) is 3.54. The third-order valence-electron chi connectivity index (χ3n) is 4.83. The van der Waals surface area contributed by atoms with Crippen LogP contribution in [0.4, 0.5) is 0 Å². The molecule has 0 aliphatic carbocycles. The molecule has 1 atom stereocenters. The van der Waals surface area contributed by atoms with Gasteiger partial charge in [0, 0.05) is 23.5 Å². The van der Waals surface area contributed by atoms with Crippen molar-refractivity contribution in [2.45, 2.75) is 39.7 Å². The number of hydrogen-bond acceptors (Lipinski definition) is 2. The van der Waals surface area contributed by atoms with Gasteiger partial charge in [0.25, 0.3) is 0 Å². The Morgan fingerprint density at radius 1 is 1.08 bits per heavy atom. The number of rotatable bonds is 6. The molecule has 3 heteroatoms. The van der Waals surface area contributed by atoms with Gasteiger partial charge in [-0.3, -0.25) is 4.79 Å². The summed E-state index contributed by atoms with van der Waals surface area (Å²) in [6, 6.07) is 19.2. The first-order valence-electron chi connectivity index (χ1n) is 8.87. The lowest BCUT2D eigenvalue weighted by molar-refractivity contribution is -0.142. The summed E-state index contributed by atoms with van der Waals surface area (Å²) in [5.74, 6) is -0.225. The summed E-state index contributed by atoms with van der Waals surface area (Å²) < 4.78 is 7.66. The lowest BCUT2D eigenvalue weighted by Crippen LogP contribution is -2.17. The van der Waals surface area contributed by atoms with E-state index in [-0.39, 0.29) is 12.0 Å². The van der Waals surface area contributed by atoms with Crippen molar-refractivity contribution in [3.63, 3.8) is 0 Å². The summed E-state index contributed by atoms with van der Waals surface area (Å²) >= 11 is 0. The molecule has 2 aromatic carbocycles. The fraction of sp³-hybridized carbons (Fsp3) is 0.318. The minimum atomic E-state index is -0.225. The molecule has 1 unspecified atom stereocenters. The molecule has 1 aromatic heterocycles. The predicted octanol–water partition coefficient (Wildman–Crippen LogP) is 5.05. The minimum Gasteiger partial charge on any atom is -0.464 e. The van der Waals surface area contributed by atoms with Crippen molar-refractivity contribution in [3.8, 4) is 0 Å². The Balaban J connectivity index is 2.06. The van der Waals surface area contributed by atoms with E-state index in [0.29, 0.717) is 6.61 Å². The van der Waals surface area contributed by atoms with Crippen molar-refractivity contribution >= 4 is 16.9 Å². The first-order valence-corrected chi connectivity index (χ1v) is 8.87. The van der Waals surface area contributed by atoms with Crippen molar-refractivity contribution in [1.29, 1.82) is 0 Å². The van der Waals surface area contributed by atoms with Gasteiger partial charge in [-0.25, -0.2) is 0 Å². The van der Waals surface area contributed by atoms with E-state index in [9.17, 15) is 4.79 Å². The summed E-state index contributed by atoms with van der Waals surface area (Å²) in [5, 5.41) is 1.28. The van der Waals surface area contributed by atoms with Crippen LogP contribution in [0.25, 0.3) is 10.9 Å². The molecule has 3 nitrogen and oxygen atoms in total. The van der Waals surface area contributed by atoms with Gasteiger partial charge in [0.1, 0.15) is 6.61 Å². The average Bonchev–Trinajstić information content (AvgIpc) is 2.89. The van der Waals surface area contributed by atoms with E-state index in [4.69, 9.17) is 4.74 Å². The molecular weight excluding hydrogens is 310 g/mol. The largest absolute Gasteiger partial charge is 0.464 e. The number of aromatic nitrogens is 1. The van der Waals surface area contributed by atoms with Gasteiger partial charge < -0.3 is 9.30 Å². The van der Waals surface area contributed by atoms with E-state index in [2.05, 4.69) is 66.9 Å². The highest BCUT2D eigenvalue weighted by atomic mass is 16.5. The molecule has 0 saturated heterocycles. The number of esters is 1. The fourth-order valence-electron chi connectivity index (χ4n) is 3.54. The maximum Gasteiger partial charge on any atom is 0.302 e. The number of carbonyl (C=O) groups excluding carboxylic acids is 1. The van der Waals surface area contributed by atoms with Gasteiger partial charge >= 0.3 is 5.97 Å². The number of carbonyl (C=O) groups is 1. The second kappa shape index (κ2) is 7.56. The van der Waals surface area contributed by atoms with Crippen LogP contribution < -0.4 is 0 Å². The monoisotopic (exact) mass is 335 g/mol. The number of para-hydroxylation sites is 1. The van der Waals surface area contributed by atoms with Crippen molar-refractivity contribution in [3.05, 3.63) is 71.4 Å². The lowest BCUT2D eigenvalue weighted by atomic mass is 10.0. The Morgan fingerprint density at radius 3 is 2.44 bits per heavy atom. The van der Waals surface area contributed by atoms with Crippen LogP contribution >= 0.6 is 0 Å². The van der Waals surface area contributed by atoms with Crippen molar-refractivity contribution in [2.24, 2.45) is 0 Å². The summed E-state index contributed by atoms with van der Waals surface area (Å²) in [5.41, 5.74) is 5.12. The quantitative estimate of drug-likeness (QED) is 0.590. The van der Waals surface area contributed by atoms with Gasteiger partial charge in [-0.2, -0.15) is 0 Å². The highest BCUT2D eigenvalue weighted by Gasteiger charge is 2.20. The topological polar surface area (TPSA) is 31.2 Å². The molecule has 0 aliphatic rings. The number of benzene rings is 2. The maximum atomic E-state index is 11.3. The zero-order chi connectivity index (χ0) is 17.8. The van der Waals surface area contributed by atoms with Gasteiger partial charge in [-0.05, 0) is 37.0 Å². The molecule has 0 amide bonds. The van der Waals surface area contributed by atoms with Gasteiger partial charge in [0.15, 0.2) is 0 Å². The Morgan fingerprint density at radius 2 is 1.76 bits per heavy atom. The molecule has 3 aromatic rings. The molecule has 0 radical (unpaired) electrons. The summed E-state index contributed by atoms with van der Waals surface area (Å²) in [6.07, 6.45) is 1.82. The molecule has 130 valence electrons. The van der Waals surface area contributed by atoms with Crippen LogP contribution in [0.1, 0.15) is 43.1 Å². The SMILES string of the molecule is CCC(COC(C)=O)n1c(C)c(Cc2ccccc2)c2ccccc21. The van der Waals surface area contributed by atoms with Crippen LogP contribution in [0.2, 0.25) is 0 Å². The van der Waals surface area contributed by atoms with Crippen LogP contribution in [0, 0.1) is 6.92 Å². The molecular formula is C22H25NO2. The standard InChI is InChI=1S/C22H25NO2/c1-4-19(15-25-17(3)24)23-16(2)21(14-18-10-6-5-7-11-18)20-12-8-9-13-22(20)23/h5-13,19H,4,14-15H2,1-3H3. The van der Waals surface area contributed by atoms with Gasteiger partial charge in [-0.1, -0.05) is 55.5 Å². The zero-order valence-corrected chi connectivity index (χ0v) is 15.2. The number of nitrogens with zero attached hydrogens (tertiary/aromatic N) is 1. The minimum absolute atomic E-state index is 0.151. The van der Waals surface area contributed by atoms with Gasteiger partial charge in [-0.15, -0.1) is 0 Å². The summed E-state index contributed by atoms with van der Waals surface area (Å²) in [6.45, 7) is 6.19. The number of hydrogen-bond donors (Lipinski definition) is 0. The van der Waals surface area contributed by atoms with Crippen LogP contribution in [-0.2, 0) is 16.0 Å². The molecule has 0 bridgehead atoms. The highest BCUT2D eigenvalue weighted by molar-refractivity contribution is 5.86. The van der Waals surface area contributed by atoms with Crippen molar-refractivity contribution < 1.29 is 9.53 Å². The Hall–Kier alpha value is -2.55. The third-order valence-corrected chi connectivity index (χ3v) is 4.83. The predicted molar refractivity (Wildman–Crippen MR) is 102 cm³/mol. The Bertz CT molecular complexity index is 864. The summed E-state index contributed by atoms with van der Waals surface area (Å²) in [7, 11) is 0. The Labute approximate surface area is 149 Å². The van der Waals surface area contributed by atoms with Gasteiger partial charge in [0.2, 0.25) is 0 Å². The van der Waals surface area contributed by atoms with Crippen LogP contribution in [0.3, 0.4) is 0 Å². The molecule has 3 rings (SSSR count). The van der Waals surface area contributed by atoms with Gasteiger partial charge in [0.05, 0.1) is 6.04 Å². The molecule has 0 N–H and O–H groups in total. The zero-order valence-electron chi connectivity index (χ0n) is 15.2. The van der Waals surface area contributed by atoms with Crippen LogP contribution in [0.15, 0.2) is 54.6 Å². The summed E-state index contributed by atoms with van der Waals surface area (Å²) in [4.78, 5) is 11.3. The van der Waals surface area contributed by atoms with E-state index in [1.165, 1.54) is 34.6 Å². The van der Waals surface area contributed by atoms with Crippen molar-refractivity contribution in [2.75, 3.05) is 6.61 Å². The number of fused-ring (bicyclic) bond motifs is 1. The second-order valence-corrected chi connectivity index (χ2v) is 6.48. The first kappa shape index (κ1) is 17.3. The van der Waals surface area contributed by atoms with E-state index < -0.39 is 0 Å². The van der Waals surface area contributed by atoms with Crippen LogP contribution in [-0.4, -0.2) is 17.1 Å². The van der Waals surface area contributed by atoms with Crippen LogP contribution in [0.5, 0.6) is 0 Å². The lowest BCUT2D eigenvalue weighted by Gasteiger charge is -2.20. The van der Waals surface area contributed by atoms with E-state index in [1.807, 2.05) is 6.07 Å². The van der Waals surface area contributed by atoms with Crippen molar-refractivity contribution in [1.82, 2.24) is 4.57 Å². The average molecular weight is 335 g/mol. The molecule has 0 aliphatic heterocycles. The molecule has 0 fully saturated rings. The molecule has 0 saturated carbocycles.